The van der Waals surface area contributed by atoms with Crippen LogP contribution in [0.2, 0.25) is 0 Å². The lowest BCUT2D eigenvalue weighted by Gasteiger charge is -2.17. The summed E-state index contributed by atoms with van der Waals surface area (Å²) >= 11 is 0. The Bertz CT molecular complexity index is 1920. The van der Waals surface area contributed by atoms with Crippen molar-refractivity contribution in [3.05, 3.63) is 166 Å². The van der Waals surface area contributed by atoms with Crippen molar-refractivity contribution in [3.63, 3.8) is 0 Å². The van der Waals surface area contributed by atoms with Gasteiger partial charge in [0.1, 0.15) is 34.5 Å². The molecule has 0 saturated carbocycles. The fourth-order valence-electron chi connectivity index (χ4n) is 5.78. The van der Waals surface area contributed by atoms with Crippen molar-refractivity contribution >= 4 is 9.84 Å². The second-order valence-electron chi connectivity index (χ2n) is 12.1. The first-order chi connectivity index (χ1) is 23.4. The molecular formula is C40H34O8S. The maximum Gasteiger partial charge on any atom is 0.206 e. The molecule has 0 bridgehead atoms. The van der Waals surface area contributed by atoms with E-state index in [2.05, 4.69) is 0 Å². The standard InChI is InChI=1S/C40H34O8S/c41-33-9-1-25(2-10-33)17-29-21-37(22-30(39(29)45)18-26-3-11-34(42)12-4-26)49(47,48)38-23-31(19-27-5-13-35(43)14-6-27)40(46)32(24-38)20-28-7-15-36(44)16-8-28/h1-16,21-24,41-46H,17-20H2. The highest BCUT2D eigenvalue weighted by atomic mass is 32.2. The van der Waals surface area contributed by atoms with E-state index in [1.54, 1.807) is 48.5 Å². The zero-order chi connectivity index (χ0) is 34.7. The molecule has 0 aliphatic rings. The van der Waals surface area contributed by atoms with Crippen LogP contribution in [-0.2, 0) is 35.5 Å². The molecule has 6 aromatic carbocycles. The maximum atomic E-state index is 14.6. The Balaban J connectivity index is 1.48. The van der Waals surface area contributed by atoms with Crippen LogP contribution in [-0.4, -0.2) is 39.1 Å². The minimum absolute atomic E-state index is 0.0512. The molecule has 49 heavy (non-hydrogen) atoms. The summed E-state index contributed by atoms with van der Waals surface area (Å²) in [5.41, 5.74) is 4.46. The van der Waals surface area contributed by atoms with Crippen LogP contribution in [0.25, 0.3) is 0 Å². The molecule has 0 aliphatic carbocycles. The normalized spacial score (nSPS) is 11.4. The second-order valence-corrected chi connectivity index (χ2v) is 14.0. The molecular weight excluding hydrogens is 640 g/mol. The molecule has 9 heteroatoms. The molecule has 0 atom stereocenters. The van der Waals surface area contributed by atoms with Gasteiger partial charge in [-0.1, -0.05) is 48.5 Å². The molecule has 6 aromatic rings. The number of hydrogen-bond donors (Lipinski definition) is 6. The Morgan fingerprint density at radius 2 is 0.551 bits per heavy atom. The molecule has 0 unspecified atom stereocenters. The van der Waals surface area contributed by atoms with Crippen molar-refractivity contribution in [2.24, 2.45) is 0 Å². The van der Waals surface area contributed by atoms with Gasteiger partial charge in [0, 0.05) is 25.7 Å². The van der Waals surface area contributed by atoms with Crippen molar-refractivity contribution in [2.45, 2.75) is 35.5 Å². The smallest absolute Gasteiger partial charge is 0.206 e. The fourth-order valence-corrected chi connectivity index (χ4v) is 7.24. The van der Waals surface area contributed by atoms with Gasteiger partial charge in [0.2, 0.25) is 9.84 Å². The van der Waals surface area contributed by atoms with E-state index in [9.17, 15) is 39.1 Å². The van der Waals surface area contributed by atoms with E-state index < -0.39 is 9.84 Å². The number of benzene rings is 6. The molecule has 6 rings (SSSR count). The van der Waals surface area contributed by atoms with Gasteiger partial charge in [-0.2, -0.15) is 0 Å². The molecule has 0 saturated heterocycles. The molecule has 0 spiro atoms. The SMILES string of the molecule is O=S(=O)(c1cc(Cc2ccc(O)cc2)c(O)c(Cc2ccc(O)cc2)c1)c1cc(Cc2ccc(O)cc2)c(O)c(Cc2ccc(O)cc2)c1. The molecule has 0 radical (unpaired) electrons. The van der Waals surface area contributed by atoms with Crippen LogP contribution >= 0.6 is 0 Å². The van der Waals surface area contributed by atoms with Crippen LogP contribution in [0.3, 0.4) is 0 Å². The first kappa shape index (κ1) is 33.0. The van der Waals surface area contributed by atoms with E-state index in [4.69, 9.17) is 0 Å². The third-order valence-corrected chi connectivity index (χ3v) is 10.1. The first-order valence-corrected chi connectivity index (χ1v) is 17.0. The lowest BCUT2D eigenvalue weighted by molar-refractivity contribution is 0.462. The minimum Gasteiger partial charge on any atom is -0.508 e. The van der Waals surface area contributed by atoms with E-state index in [0.29, 0.717) is 22.3 Å². The molecule has 0 heterocycles. The summed E-state index contributed by atoms with van der Waals surface area (Å²) < 4.78 is 29.1. The molecule has 0 aromatic heterocycles. The minimum atomic E-state index is -4.24. The summed E-state index contributed by atoms with van der Waals surface area (Å²) in [5.74, 6) is 0.192. The predicted octanol–water partition coefficient (Wildman–Crippen LogP) is 7.12. The highest BCUT2D eigenvalue weighted by molar-refractivity contribution is 7.91. The average molecular weight is 675 g/mol. The fraction of sp³-hybridized carbons (Fsp3) is 0.100. The Kier molecular flexibility index (Phi) is 9.20. The third-order valence-electron chi connectivity index (χ3n) is 8.43. The van der Waals surface area contributed by atoms with Crippen LogP contribution in [0.15, 0.2) is 131 Å². The Morgan fingerprint density at radius 3 is 0.755 bits per heavy atom. The summed E-state index contributed by atoms with van der Waals surface area (Å²) in [4.78, 5) is -0.102. The van der Waals surface area contributed by atoms with Gasteiger partial charge in [-0.25, -0.2) is 8.42 Å². The van der Waals surface area contributed by atoms with Crippen LogP contribution in [0.1, 0.15) is 44.5 Å². The highest BCUT2D eigenvalue weighted by Crippen LogP contribution is 2.37. The average Bonchev–Trinajstić information content (AvgIpc) is 3.08. The zero-order valence-corrected chi connectivity index (χ0v) is 27.1. The van der Waals surface area contributed by atoms with Gasteiger partial charge in [-0.15, -0.1) is 0 Å². The molecule has 0 aliphatic heterocycles. The van der Waals surface area contributed by atoms with Crippen LogP contribution < -0.4 is 0 Å². The number of sulfone groups is 1. The van der Waals surface area contributed by atoms with Crippen molar-refractivity contribution in [2.75, 3.05) is 0 Å². The third kappa shape index (κ3) is 7.63. The Labute approximate surface area is 284 Å². The number of phenolic OH excluding ortho intramolecular Hbond substituents is 6. The van der Waals surface area contributed by atoms with Crippen molar-refractivity contribution in [1.82, 2.24) is 0 Å². The van der Waals surface area contributed by atoms with E-state index in [1.807, 2.05) is 0 Å². The second kappa shape index (κ2) is 13.7. The van der Waals surface area contributed by atoms with E-state index in [-0.39, 0.29) is 70.0 Å². The summed E-state index contributed by atoms with van der Waals surface area (Å²) in [5, 5.41) is 61.9. The van der Waals surface area contributed by atoms with Crippen LogP contribution in [0.4, 0.5) is 0 Å². The molecule has 248 valence electrons. The summed E-state index contributed by atoms with van der Waals surface area (Å²) in [6.45, 7) is 0. The predicted molar refractivity (Wildman–Crippen MR) is 185 cm³/mol. The maximum absolute atomic E-state index is 14.6. The molecule has 8 nitrogen and oxygen atoms in total. The van der Waals surface area contributed by atoms with Crippen LogP contribution in [0.5, 0.6) is 34.5 Å². The topological polar surface area (TPSA) is 156 Å². The van der Waals surface area contributed by atoms with E-state index >= 15 is 0 Å². The molecule has 0 amide bonds. The van der Waals surface area contributed by atoms with Gasteiger partial charge in [0.15, 0.2) is 0 Å². The van der Waals surface area contributed by atoms with Crippen molar-refractivity contribution in [1.29, 1.82) is 0 Å². The largest absolute Gasteiger partial charge is 0.508 e. The van der Waals surface area contributed by atoms with Gasteiger partial charge in [-0.05, 0) is 117 Å². The number of aromatic hydroxyl groups is 6. The summed E-state index contributed by atoms with van der Waals surface area (Å²) in [7, 11) is -4.24. The van der Waals surface area contributed by atoms with E-state index in [1.165, 1.54) is 72.8 Å². The van der Waals surface area contributed by atoms with Gasteiger partial charge >= 0.3 is 0 Å². The lowest BCUT2D eigenvalue weighted by atomic mass is 9.97. The van der Waals surface area contributed by atoms with Gasteiger partial charge in [0.05, 0.1) is 9.79 Å². The summed E-state index contributed by atoms with van der Waals surface area (Å²) in [6, 6.07) is 31.5. The lowest BCUT2D eigenvalue weighted by Crippen LogP contribution is -2.08. The monoisotopic (exact) mass is 674 g/mol. The first-order valence-electron chi connectivity index (χ1n) is 15.5. The number of rotatable bonds is 10. The number of hydrogen-bond acceptors (Lipinski definition) is 8. The van der Waals surface area contributed by atoms with E-state index in [0.717, 1.165) is 22.3 Å². The summed E-state index contributed by atoms with van der Waals surface area (Å²) in [6.07, 6.45) is 0.745. The molecule has 6 N–H and O–H groups in total. The van der Waals surface area contributed by atoms with Crippen LogP contribution in [0, 0.1) is 0 Å². The van der Waals surface area contributed by atoms with Crippen molar-refractivity contribution < 1.29 is 39.1 Å². The van der Waals surface area contributed by atoms with Crippen molar-refractivity contribution in [3.8, 4) is 34.5 Å². The van der Waals surface area contributed by atoms with Gasteiger partial charge < -0.3 is 30.6 Å². The highest BCUT2D eigenvalue weighted by Gasteiger charge is 2.25. The number of phenols is 6. The quantitative estimate of drug-likeness (QED) is 0.0898. The Morgan fingerprint density at radius 1 is 0.347 bits per heavy atom. The Hall–Kier alpha value is -5.93. The molecule has 0 fully saturated rings. The van der Waals surface area contributed by atoms with Gasteiger partial charge in [0.25, 0.3) is 0 Å². The zero-order valence-electron chi connectivity index (χ0n) is 26.3. The van der Waals surface area contributed by atoms with Gasteiger partial charge in [-0.3, -0.25) is 0 Å².